The van der Waals surface area contributed by atoms with Gasteiger partial charge in [-0.3, -0.25) is 0 Å². The fourth-order valence-corrected chi connectivity index (χ4v) is 1.98. The summed E-state index contributed by atoms with van der Waals surface area (Å²) >= 11 is 3.52. The molecule has 1 aromatic carbocycles. The molecule has 0 bridgehead atoms. The topological polar surface area (TPSA) is 0 Å². The lowest BCUT2D eigenvalue weighted by molar-refractivity contribution is 0.410. The number of benzene rings is 1. The van der Waals surface area contributed by atoms with Crippen molar-refractivity contribution in [1.82, 2.24) is 0 Å². The maximum atomic E-state index is 3.52. The highest BCUT2D eigenvalue weighted by Gasteiger charge is 2.12. The minimum absolute atomic E-state index is 0.373. The lowest BCUT2D eigenvalue weighted by atomic mass is 9.86. The molecule has 72 valence electrons. The average molecular weight is 241 g/mol. The third-order valence-electron chi connectivity index (χ3n) is 1.98. The van der Waals surface area contributed by atoms with Gasteiger partial charge in [-0.2, -0.15) is 0 Å². The molecule has 0 aliphatic carbocycles. The zero-order valence-electron chi connectivity index (χ0n) is 8.60. The SMILES string of the molecule is CC(C)(C)Cc1ccccc1CBr. The molecule has 0 saturated carbocycles. The van der Waals surface area contributed by atoms with Crippen LogP contribution in [0.1, 0.15) is 31.9 Å². The first-order chi connectivity index (χ1) is 6.03. The maximum absolute atomic E-state index is 3.52. The molecule has 0 aliphatic rings. The predicted octanol–water partition coefficient (Wildman–Crippen LogP) is 4.17. The first-order valence-electron chi connectivity index (χ1n) is 4.66. The minimum atomic E-state index is 0.373. The molecule has 0 spiro atoms. The van der Waals surface area contributed by atoms with E-state index in [4.69, 9.17) is 0 Å². The summed E-state index contributed by atoms with van der Waals surface area (Å²) in [5.74, 6) is 0. The van der Waals surface area contributed by atoms with E-state index in [1.54, 1.807) is 0 Å². The number of alkyl halides is 1. The van der Waals surface area contributed by atoms with Crippen molar-refractivity contribution in [1.29, 1.82) is 0 Å². The predicted molar refractivity (Wildman–Crippen MR) is 62.2 cm³/mol. The van der Waals surface area contributed by atoms with Crippen molar-refractivity contribution in [3.63, 3.8) is 0 Å². The van der Waals surface area contributed by atoms with Gasteiger partial charge in [0.1, 0.15) is 0 Å². The number of halogens is 1. The Kier molecular flexibility index (Phi) is 3.55. The molecular weight excluding hydrogens is 224 g/mol. The Morgan fingerprint density at radius 1 is 1.08 bits per heavy atom. The smallest absolute Gasteiger partial charge is 0.0285 e. The van der Waals surface area contributed by atoms with Gasteiger partial charge < -0.3 is 0 Å². The van der Waals surface area contributed by atoms with Crippen molar-refractivity contribution in [2.75, 3.05) is 0 Å². The number of rotatable bonds is 2. The highest BCUT2D eigenvalue weighted by Crippen LogP contribution is 2.23. The second-order valence-corrected chi connectivity index (χ2v) is 5.20. The Morgan fingerprint density at radius 3 is 2.08 bits per heavy atom. The molecule has 0 nitrogen and oxygen atoms in total. The van der Waals surface area contributed by atoms with Crippen LogP contribution in [0.3, 0.4) is 0 Å². The second kappa shape index (κ2) is 4.28. The molecule has 0 amide bonds. The molecule has 13 heavy (non-hydrogen) atoms. The van der Waals surface area contributed by atoms with Gasteiger partial charge in [0.05, 0.1) is 0 Å². The number of hydrogen-bond acceptors (Lipinski definition) is 0. The van der Waals surface area contributed by atoms with Crippen LogP contribution in [0.15, 0.2) is 24.3 Å². The summed E-state index contributed by atoms with van der Waals surface area (Å²) in [6.45, 7) is 6.83. The van der Waals surface area contributed by atoms with Crippen LogP contribution in [0.2, 0.25) is 0 Å². The summed E-state index contributed by atoms with van der Waals surface area (Å²) in [5.41, 5.74) is 3.25. The van der Waals surface area contributed by atoms with Gasteiger partial charge in [0.2, 0.25) is 0 Å². The Labute approximate surface area is 89.5 Å². The lowest BCUT2D eigenvalue weighted by Gasteiger charge is -2.19. The molecule has 1 heteroatoms. The van der Waals surface area contributed by atoms with Gasteiger partial charge in [-0.15, -0.1) is 0 Å². The van der Waals surface area contributed by atoms with E-state index in [1.807, 2.05) is 0 Å². The van der Waals surface area contributed by atoms with E-state index in [2.05, 4.69) is 61.0 Å². The van der Waals surface area contributed by atoms with Crippen LogP contribution in [-0.4, -0.2) is 0 Å². The largest absolute Gasteiger partial charge is 0.0876 e. The fraction of sp³-hybridized carbons (Fsp3) is 0.500. The monoisotopic (exact) mass is 240 g/mol. The van der Waals surface area contributed by atoms with E-state index in [-0.39, 0.29) is 0 Å². The van der Waals surface area contributed by atoms with Crippen LogP contribution < -0.4 is 0 Å². The molecular formula is C12H17Br. The molecule has 0 fully saturated rings. The molecule has 0 N–H and O–H groups in total. The molecule has 0 unspecified atom stereocenters. The molecule has 0 heterocycles. The summed E-state index contributed by atoms with van der Waals surface area (Å²) in [7, 11) is 0. The zero-order chi connectivity index (χ0) is 9.90. The van der Waals surface area contributed by atoms with E-state index in [0.717, 1.165) is 11.8 Å². The summed E-state index contributed by atoms with van der Waals surface area (Å²) < 4.78 is 0. The molecule has 0 aliphatic heterocycles. The molecule has 0 saturated heterocycles. The number of hydrogen-bond donors (Lipinski definition) is 0. The normalized spacial score (nSPS) is 11.7. The lowest BCUT2D eigenvalue weighted by Crippen LogP contribution is -2.10. The second-order valence-electron chi connectivity index (χ2n) is 4.64. The van der Waals surface area contributed by atoms with Gasteiger partial charge in [-0.25, -0.2) is 0 Å². The fourth-order valence-electron chi connectivity index (χ4n) is 1.43. The highest BCUT2D eigenvalue weighted by molar-refractivity contribution is 9.08. The van der Waals surface area contributed by atoms with Crippen LogP contribution in [0.5, 0.6) is 0 Å². The molecule has 0 radical (unpaired) electrons. The quantitative estimate of drug-likeness (QED) is 0.681. The summed E-state index contributed by atoms with van der Waals surface area (Å²) in [5, 5.41) is 0.958. The Bertz CT molecular complexity index is 271. The van der Waals surface area contributed by atoms with Crippen LogP contribution in [0, 0.1) is 5.41 Å². The van der Waals surface area contributed by atoms with Crippen molar-refractivity contribution >= 4 is 15.9 Å². The highest BCUT2D eigenvalue weighted by atomic mass is 79.9. The van der Waals surface area contributed by atoms with Gasteiger partial charge in [0, 0.05) is 5.33 Å². The van der Waals surface area contributed by atoms with E-state index in [9.17, 15) is 0 Å². The first-order valence-corrected chi connectivity index (χ1v) is 5.78. The minimum Gasteiger partial charge on any atom is -0.0876 e. The first kappa shape index (κ1) is 10.8. The summed E-state index contributed by atoms with van der Waals surface area (Å²) in [6.07, 6.45) is 1.15. The van der Waals surface area contributed by atoms with Gasteiger partial charge in [-0.05, 0) is 23.0 Å². The molecule has 0 aromatic heterocycles. The van der Waals surface area contributed by atoms with E-state index >= 15 is 0 Å². The third-order valence-corrected chi connectivity index (χ3v) is 2.59. The van der Waals surface area contributed by atoms with Gasteiger partial charge in [0.25, 0.3) is 0 Å². The Hall–Kier alpha value is -0.300. The Morgan fingerprint density at radius 2 is 1.62 bits per heavy atom. The summed E-state index contributed by atoms with van der Waals surface area (Å²) in [6, 6.07) is 8.63. The van der Waals surface area contributed by atoms with Crippen LogP contribution in [-0.2, 0) is 11.8 Å². The van der Waals surface area contributed by atoms with Crippen molar-refractivity contribution in [2.45, 2.75) is 32.5 Å². The zero-order valence-corrected chi connectivity index (χ0v) is 10.2. The van der Waals surface area contributed by atoms with Crippen molar-refractivity contribution < 1.29 is 0 Å². The van der Waals surface area contributed by atoms with Crippen molar-refractivity contribution in [2.24, 2.45) is 5.41 Å². The van der Waals surface area contributed by atoms with E-state index in [1.165, 1.54) is 11.1 Å². The van der Waals surface area contributed by atoms with Crippen molar-refractivity contribution in [3.8, 4) is 0 Å². The molecule has 1 rings (SSSR count). The summed E-state index contributed by atoms with van der Waals surface area (Å²) in [4.78, 5) is 0. The van der Waals surface area contributed by atoms with E-state index in [0.29, 0.717) is 5.41 Å². The van der Waals surface area contributed by atoms with Crippen LogP contribution in [0.4, 0.5) is 0 Å². The van der Waals surface area contributed by atoms with Crippen LogP contribution >= 0.6 is 15.9 Å². The third kappa shape index (κ3) is 3.51. The van der Waals surface area contributed by atoms with Crippen molar-refractivity contribution in [3.05, 3.63) is 35.4 Å². The van der Waals surface area contributed by atoms with E-state index < -0.39 is 0 Å². The van der Waals surface area contributed by atoms with Gasteiger partial charge >= 0.3 is 0 Å². The van der Waals surface area contributed by atoms with Gasteiger partial charge in [0.15, 0.2) is 0 Å². The van der Waals surface area contributed by atoms with Gasteiger partial charge in [-0.1, -0.05) is 61.0 Å². The van der Waals surface area contributed by atoms with Crippen LogP contribution in [0.25, 0.3) is 0 Å². The maximum Gasteiger partial charge on any atom is 0.0285 e. The molecule has 1 aromatic rings. The standard InChI is InChI=1S/C12H17Br/c1-12(2,3)8-10-6-4-5-7-11(10)9-13/h4-7H,8-9H2,1-3H3. The Balaban J connectivity index is 2.87. The molecule has 0 atom stereocenters. The average Bonchev–Trinajstić information content (AvgIpc) is 2.02.